The van der Waals surface area contributed by atoms with E-state index in [4.69, 9.17) is 10.9 Å². The number of anilines is 1. The molecule has 1 aromatic carbocycles. The van der Waals surface area contributed by atoms with Crippen LogP contribution in [0.5, 0.6) is 0 Å². The van der Waals surface area contributed by atoms with Gasteiger partial charge in [-0.3, -0.25) is 19.2 Å². The number of rotatable bonds is 21. The molecule has 56 heavy (non-hydrogen) atoms. The van der Waals surface area contributed by atoms with Crippen molar-refractivity contribution >= 4 is 58.4 Å². The highest BCUT2D eigenvalue weighted by Gasteiger charge is 2.31. The van der Waals surface area contributed by atoms with E-state index in [0.29, 0.717) is 50.0 Å². The molecule has 2 heterocycles. The smallest absolute Gasteiger partial charge is 0.326 e. The number of carboxylic acids is 3. The normalized spacial score (nSPS) is 16.7. The lowest BCUT2D eigenvalue weighted by Crippen LogP contribution is -2.51. The van der Waals surface area contributed by atoms with Crippen LogP contribution in [0.2, 0.25) is 0 Å². The number of aromatic amines is 1. The van der Waals surface area contributed by atoms with Crippen LogP contribution in [-0.4, -0.2) is 98.2 Å². The van der Waals surface area contributed by atoms with Gasteiger partial charge in [0.1, 0.15) is 23.9 Å². The summed E-state index contributed by atoms with van der Waals surface area (Å²) >= 11 is 0. The van der Waals surface area contributed by atoms with E-state index >= 15 is 0 Å². The zero-order chi connectivity index (χ0) is 40.6. The number of urea groups is 1. The second kappa shape index (κ2) is 21.0. The van der Waals surface area contributed by atoms with Gasteiger partial charge < -0.3 is 52.3 Å². The maximum Gasteiger partial charge on any atom is 0.326 e. The number of hydrogen-bond acceptors (Lipinski definition) is 10. The SMILES string of the molecule is NNc1ccc(C(=O)NC[C@H]2CC[C@H](C(=O)N[C@H](Cc3c[nH]c4ccccc34)C(=O)NCCCC[C@H](NC(=O)N[C@@H](CCC(=O)O)C(=O)O)C(=O)O)CC2)cn1. The highest BCUT2D eigenvalue weighted by atomic mass is 16.4. The average molecular weight is 780 g/mol. The third kappa shape index (κ3) is 13.0. The van der Waals surface area contributed by atoms with Gasteiger partial charge in [-0.1, -0.05) is 18.2 Å². The van der Waals surface area contributed by atoms with E-state index in [0.717, 1.165) is 16.5 Å². The highest BCUT2D eigenvalue weighted by molar-refractivity contribution is 5.94. The fraction of sp³-hybridized carbons (Fsp3) is 0.459. The summed E-state index contributed by atoms with van der Waals surface area (Å²) in [5.74, 6) is 0.652. The summed E-state index contributed by atoms with van der Waals surface area (Å²) in [5.41, 5.74) is 4.54. The quantitative estimate of drug-likeness (QED) is 0.0415. The van der Waals surface area contributed by atoms with Crippen LogP contribution in [0.4, 0.5) is 10.6 Å². The Bertz CT molecular complexity index is 1840. The number of pyridine rings is 1. The molecule has 1 aliphatic rings. The Morgan fingerprint density at radius 1 is 0.821 bits per heavy atom. The van der Waals surface area contributed by atoms with Crippen molar-refractivity contribution in [3.63, 3.8) is 0 Å². The number of hydrazine groups is 1. The van der Waals surface area contributed by atoms with E-state index in [9.17, 15) is 43.8 Å². The van der Waals surface area contributed by atoms with Crippen LogP contribution in [0.3, 0.4) is 0 Å². The molecule has 0 spiro atoms. The number of fused-ring (bicyclic) bond motifs is 1. The Balaban J connectivity index is 1.27. The molecule has 1 saturated carbocycles. The molecule has 12 N–H and O–H groups in total. The van der Waals surface area contributed by atoms with Gasteiger partial charge in [-0.2, -0.15) is 0 Å². The van der Waals surface area contributed by atoms with E-state index in [1.807, 2.05) is 24.3 Å². The summed E-state index contributed by atoms with van der Waals surface area (Å²) in [6.07, 6.45) is 5.70. The molecule has 5 amide bonds. The van der Waals surface area contributed by atoms with Gasteiger partial charge in [-0.05, 0) is 81.0 Å². The van der Waals surface area contributed by atoms with Gasteiger partial charge in [0.15, 0.2) is 0 Å². The molecule has 19 heteroatoms. The molecule has 2 aromatic heterocycles. The van der Waals surface area contributed by atoms with Crippen LogP contribution in [0.1, 0.15) is 73.7 Å². The number of nitrogens with zero attached hydrogens (tertiary/aromatic N) is 1. The van der Waals surface area contributed by atoms with Crippen molar-refractivity contribution in [3.05, 3.63) is 59.9 Å². The number of nitrogen functional groups attached to an aromatic ring is 1. The minimum absolute atomic E-state index is 0.0375. The number of aromatic nitrogens is 2. The van der Waals surface area contributed by atoms with Crippen LogP contribution in [-0.2, 0) is 30.4 Å². The molecule has 3 aromatic rings. The summed E-state index contributed by atoms with van der Waals surface area (Å²) in [7, 11) is 0. The first-order chi connectivity index (χ1) is 26.8. The number of carboxylic acid groups (broad SMARTS) is 3. The van der Waals surface area contributed by atoms with Crippen LogP contribution in [0, 0.1) is 11.8 Å². The van der Waals surface area contributed by atoms with Crippen LogP contribution >= 0.6 is 0 Å². The molecule has 0 aliphatic heterocycles. The van der Waals surface area contributed by atoms with Gasteiger partial charge in [0, 0.05) is 55.1 Å². The number of amides is 5. The van der Waals surface area contributed by atoms with E-state index in [2.05, 4.69) is 42.0 Å². The molecule has 19 nitrogen and oxygen atoms in total. The number of carbonyl (C=O) groups is 7. The maximum atomic E-state index is 13.5. The van der Waals surface area contributed by atoms with Crippen molar-refractivity contribution in [2.45, 2.75) is 82.3 Å². The second-order valence-electron chi connectivity index (χ2n) is 13.7. The Hall–Kier alpha value is -6.24. The van der Waals surface area contributed by atoms with Crippen molar-refractivity contribution in [1.82, 2.24) is 36.6 Å². The highest BCUT2D eigenvalue weighted by Crippen LogP contribution is 2.29. The van der Waals surface area contributed by atoms with Crippen LogP contribution < -0.4 is 37.9 Å². The van der Waals surface area contributed by atoms with Gasteiger partial charge in [-0.25, -0.2) is 25.2 Å². The fourth-order valence-corrected chi connectivity index (χ4v) is 6.55. The van der Waals surface area contributed by atoms with Crippen LogP contribution in [0.15, 0.2) is 48.8 Å². The molecule has 4 rings (SSSR count). The Kier molecular flexibility index (Phi) is 15.9. The zero-order valence-electron chi connectivity index (χ0n) is 30.7. The van der Waals surface area contributed by atoms with Crippen molar-refractivity contribution in [2.24, 2.45) is 17.7 Å². The maximum absolute atomic E-state index is 13.5. The van der Waals surface area contributed by atoms with E-state index in [-0.39, 0.29) is 55.9 Å². The molecule has 1 fully saturated rings. The van der Waals surface area contributed by atoms with Gasteiger partial charge >= 0.3 is 23.9 Å². The zero-order valence-corrected chi connectivity index (χ0v) is 30.7. The number of hydrogen-bond donors (Lipinski definition) is 11. The Morgan fingerprint density at radius 3 is 2.16 bits per heavy atom. The number of para-hydroxylation sites is 1. The molecule has 302 valence electrons. The lowest BCUT2D eigenvalue weighted by molar-refractivity contribution is -0.141. The summed E-state index contributed by atoms with van der Waals surface area (Å²) < 4.78 is 0. The molecule has 0 bridgehead atoms. The molecule has 0 saturated heterocycles. The second-order valence-corrected chi connectivity index (χ2v) is 13.7. The number of unbranched alkanes of at least 4 members (excludes halogenated alkanes) is 1. The third-order valence-electron chi connectivity index (χ3n) is 9.75. The van der Waals surface area contributed by atoms with Gasteiger partial charge in [0.25, 0.3) is 5.91 Å². The number of benzene rings is 1. The minimum atomic E-state index is -1.52. The van der Waals surface area contributed by atoms with E-state index in [1.54, 1.807) is 18.3 Å². The van der Waals surface area contributed by atoms with Gasteiger partial charge in [0.2, 0.25) is 11.8 Å². The molecule has 0 radical (unpaired) electrons. The monoisotopic (exact) mass is 779 g/mol. The lowest BCUT2D eigenvalue weighted by Gasteiger charge is -2.29. The standard InChI is InChI=1S/C37H49N9O10/c38-46-30-14-12-23(19-41-30)32(49)42-18-21-8-10-22(11-9-21)33(50)43-29(17-24-20-40-26-6-2-1-5-25(24)26)34(51)39-16-4-3-7-27(35(52)53)44-37(56)45-28(36(54)55)13-15-31(47)48/h1-2,5-6,12,14,19-22,27-29,40H,3-4,7-11,13,15-18,38H2,(H,39,51)(H,41,46)(H,42,49)(H,43,50)(H,47,48)(H,52,53)(H,54,55)(H2,44,45,56)/t21-,22-,27-,28-,29+/m0/s1. The number of aliphatic carboxylic acids is 3. The van der Waals surface area contributed by atoms with Crippen molar-refractivity contribution in [1.29, 1.82) is 0 Å². The van der Waals surface area contributed by atoms with Gasteiger partial charge in [0.05, 0.1) is 5.56 Å². The van der Waals surface area contributed by atoms with Crippen molar-refractivity contribution in [2.75, 3.05) is 18.5 Å². The topological polar surface area (TPSA) is 307 Å². The number of nitrogens with two attached hydrogens (primary N) is 1. The predicted molar refractivity (Wildman–Crippen MR) is 202 cm³/mol. The molecular weight excluding hydrogens is 730 g/mol. The number of H-pyrrole nitrogens is 1. The van der Waals surface area contributed by atoms with E-state index < -0.39 is 54.4 Å². The summed E-state index contributed by atoms with van der Waals surface area (Å²) in [5, 5.41) is 41.6. The fourth-order valence-electron chi connectivity index (χ4n) is 6.55. The van der Waals surface area contributed by atoms with Crippen molar-refractivity contribution < 1.29 is 48.9 Å². The first-order valence-corrected chi connectivity index (χ1v) is 18.4. The summed E-state index contributed by atoms with van der Waals surface area (Å²) in [4.78, 5) is 93.2. The largest absolute Gasteiger partial charge is 0.481 e. The Morgan fingerprint density at radius 2 is 1.52 bits per heavy atom. The summed E-state index contributed by atoms with van der Waals surface area (Å²) in [6.45, 7) is 0.598. The first-order valence-electron chi connectivity index (χ1n) is 18.4. The first kappa shape index (κ1) is 42.5. The molecule has 1 aliphatic carbocycles. The summed E-state index contributed by atoms with van der Waals surface area (Å²) in [6, 6.07) is 5.95. The predicted octanol–water partition coefficient (Wildman–Crippen LogP) is 1.47. The minimum Gasteiger partial charge on any atom is -0.481 e. The lowest BCUT2D eigenvalue weighted by atomic mass is 9.81. The van der Waals surface area contributed by atoms with E-state index in [1.165, 1.54) is 6.20 Å². The third-order valence-corrected chi connectivity index (χ3v) is 9.75. The Labute approximate surface area is 321 Å². The average Bonchev–Trinajstić information content (AvgIpc) is 3.60. The van der Waals surface area contributed by atoms with Crippen molar-refractivity contribution in [3.8, 4) is 0 Å². The molecule has 3 atom stereocenters. The van der Waals surface area contributed by atoms with Crippen LogP contribution in [0.25, 0.3) is 10.9 Å². The van der Waals surface area contributed by atoms with Gasteiger partial charge in [-0.15, -0.1) is 0 Å². The molecular formula is C37H49N9O10. The number of carbonyl (C=O) groups excluding carboxylic acids is 4. The molecule has 0 unspecified atom stereocenters. The number of nitrogens with one attached hydrogen (secondary N) is 7.